The van der Waals surface area contributed by atoms with E-state index in [0.29, 0.717) is 5.56 Å². The summed E-state index contributed by atoms with van der Waals surface area (Å²) >= 11 is 0. The number of rotatable bonds is 6. The summed E-state index contributed by atoms with van der Waals surface area (Å²) in [4.78, 5) is 40.7. The molecule has 1 rings (SSSR count). The van der Waals surface area contributed by atoms with E-state index in [9.17, 15) is 19.2 Å². The quantitative estimate of drug-likeness (QED) is 0.439. The van der Waals surface area contributed by atoms with Crippen LogP contribution in [0.15, 0.2) is 30.3 Å². The maximum absolute atomic E-state index is 10.3. The average Bonchev–Trinajstić information content (AvgIpc) is 2.38. The van der Waals surface area contributed by atoms with Gasteiger partial charge in [-0.1, -0.05) is 18.2 Å². The predicted octanol–water partition coefficient (Wildman–Crippen LogP) is -0.244. The molecular weight excluding hydrogens is 323 g/mol. The molecule has 0 bridgehead atoms. The van der Waals surface area contributed by atoms with Crippen molar-refractivity contribution in [3.05, 3.63) is 35.9 Å². The fourth-order valence-corrected chi connectivity index (χ4v) is 1.29. The SMILES string of the molecule is O=C(O)CC(O)(CC(=O)O)C(=O)O.O=C(O)c1ccccc1.[Na]. The van der Waals surface area contributed by atoms with Gasteiger partial charge in [0, 0.05) is 29.6 Å². The molecule has 0 atom stereocenters. The van der Waals surface area contributed by atoms with Gasteiger partial charge in [0.25, 0.3) is 0 Å². The van der Waals surface area contributed by atoms with E-state index in [1.807, 2.05) is 0 Å². The Labute approximate surface area is 152 Å². The van der Waals surface area contributed by atoms with Crippen LogP contribution < -0.4 is 0 Å². The predicted molar refractivity (Wildman–Crippen MR) is 76.2 cm³/mol. The van der Waals surface area contributed by atoms with Crippen LogP contribution in [-0.2, 0) is 14.4 Å². The number of benzene rings is 1. The molecule has 0 aliphatic rings. The van der Waals surface area contributed by atoms with Crippen LogP contribution in [0.25, 0.3) is 0 Å². The first-order valence-electron chi connectivity index (χ1n) is 5.76. The Balaban J connectivity index is 0. The van der Waals surface area contributed by atoms with Gasteiger partial charge in [0.05, 0.1) is 18.4 Å². The molecule has 121 valence electrons. The van der Waals surface area contributed by atoms with Crippen LogP contribution >= 0.6 is 0 Å². The molecule has 0 aromatic heterocycles. The van der Waals surface area contributed by atoms with Gasteiger partial charge in [-0.3, -0.25) is 9.59 Å². The Morgan fingerprint density at radius 2 is 1.22 bits per heavy atom. The van der Waals surface area contributed by atoms with Gasteiger partial charge in [-0.05, 0) is 12.1 Å². The smallest absolute Gasteiger partial charge is 0.336 e. The van der Waals surface area contributed by atoms with Gasteiger partial charge in [-0.15, -0.1) is 0 Å². The van der Waals surface area contributed by atoms with Crippen LogP contribution in [0.5, 0.6) is 0 Å². The third-order valence-electron chi connectivity index (χ3n) is 2.31. The van der Waals surface area contributed by atoms with Gasteiger partial charge in [-0.2, -0.15) is 0 Å². The second-order valence-corrected chi connectivity index (χ2v) is 4.15. The topological polar surface area (TPSA) is 169 Å². The molecule has 1 aromatic carbocycles. The standard InChI is InChI=1S/C7H6O2.C6H8O7.Na/c8-7(9)6-4-2-1-3-5-6;7-3(8)1-6(13,5(11)12)2-4(9)10;/h1-5H,(H,8,9);13H,1-2H2,(H,7,8)(H,9,10)(H,11,12);. The zero-order chi connectivity index (χ0) is 17.3. The largest absolute Gasteiger partial charge is 0.481 e. The maximum atomic E-state index is 10.3. The molecule has 0 aliphatic carbocycles. The summed E-state index contributed by atoms with van der Waals surface area (Å²) in [5, 5.41) is 42.2. The van der Waals surface area contributed by atoms with E-state index in [4.69, 9.17) is 25.5 Å². The van der Waals surface area contributed by atoms with Gasteiger partial charge in [-0.25, -0.2) is 9.59 Å². The molecule has 9 nitrogen and oxygen atoms in total. The number of carboxylic acid groups (broad SMARTS) is 4. The fraction of sp³-hybridized carbons (Fsp3) is 0.231. The van der Waals surface area contributed by atoms with E-state index in [1.54, 1.807) is 30.3 Å². The molecule has 5 N–H and O–H groups in total. The number of hydrogen-bond acceptors (Lipinski definition) is 5. The van der Waals surface area contributed by atoms with Crippen LogP contribution in [0.2, 0.25) is 0 Å². The van der Waals surface area contributed by atoms with Crippen molar-refractivity contribution in [1.82, 2.24) is 0 Å². The molecule has 0 amide bonds. The van der Waals surface area contributed by atoms with Crippen molar-refractivity contribution in [2.75, 3.05) is 0 Å². The minimum Gasteiger partial charge on any atom is -0.481 e. The molecule has 1 aromatic rings. The average molecular weight is 337 g/mol. The minimum atomic E-state index is -2.74. The Bertz CT molecular complexity index is 540. The first-order valence-corrected chi connectivity index (χ1v) is 5.76. The summed E-state index contributed by atoms with van der Waals surface area (Å²) in [5.74, 6) is -5.90. The van der Waals surface area contributed by atoms with E-state index in [0.717, 1.165) is 0 Å². The van der Waals surface area contributed by atoms with Crippen molar-refractivity contribution in [2.45, 2.75) is 18.4 Å². The third kappa shape index (κ3) is 9.63. The Hall–Kier alpha value is -1.94. The normalized spacial score (nSPS) is 9.61. The molecule has 0 spiro atoms. The van der Waals surface area contributed by atoms with E-state index >= 15 is 0 Å². The van der Waals surface area contributed by atoms with Gasteiger partial charge in [0.15, 0.2) is 5.60 Å². The van der Waals surface area contributed by atoms with Crippen LogP contribution in [0.4, 0.5) is 0 Å². The maximum Gasteiger partial charge on any atom is 0.336 e. The van der Waals surface area contributed by atoms with Crippen molar-refractivity contribution in [2.24, 2.45) is 0 Å². The first kappa shape index (κ1) is 23.3. The molecule has 0 saturated heterocycles. The Morgan fingerprint density at radius 3 is 1.43 bits per heavy atom. The van der Waals surface area contributed by atoms with Crippen LogP contribution in [-0.4, -0.2) is 84.6 Å². The summed E-state index contributed by atoms with van der Waals surface area (Å²) in [6.45, 7) is 0. The second kappa shape index (κ2) is 10.7. The number of aliphatic carboxylic acids is 3. The molecule has 23 heavy (non-hydrogen) atoms. The summed E-state index contributed by atoms with van der Waals surface area (Å²) in [6, 6.07) is 8.30. The van der Waals surface area contributed by atoms with Crippen molar-refractivity contribution in [3.63, 3.8) is 0 Å². The summed E-state index contributed by atoms with van der Waals surface area (Å²) in [5.41, 5.74) is -2.41. The fourth-order valence-electron chi connectivity index (χ4n) is 1.29. The molecule has 0 aliphatic heterocycles. The zero-order valence-corrected chi connectivity index (χ0v) is 14.2. The molecule has 1 radical (unpaired) electrons. The van der Waals surface area contributed by atoms with Gasteiger partial charge in [0.2, 0.25) is 0 Å². The van der Waals surface area contributed by atoms with Crippen molar-refractivity contribution in [3.8, 4) is 0 Å². The molecular formula is C13H14NaO9. The van der Waals surface area contributed by atoms with Crippen LogP contribution in [0.3, 0.4) is 0 Å². The molecule has 0 fully saturated rings. The number of aliphatic hydroxyl groups is 1. The van der Waals surface area contributed by atoms with Crippen molar-refractivity contribution in [1.29, 1.82) is 0 Å². The van der Waals surface area contributed by atoms with Gasteiger partial charge < -0.3 is 25.5 Å². The van der Waals surface area contributed by atoms with Crippen molar-refractivity contribution >= 4 is 53.4 Å². The zero-order valence-electron chi connectivity index (χ0n) is 12.2. The Kier molecular flexibility index (Phi) is 10.9. The van der Waals surface area contributed by atoms with E-state index in [-0.39, 0.29) is 29.6 Å². The summed E-state index contributed by atoms with van der Waals surface area (Å²) in [6.07, 6.45) is -2.29. The summed E-state index contributed by atoms with van der Waals surface area (Å²) < 4.78 is 0. The minimum absolute atomic E-state index is 0. The molecule has 10 heteroatoms. The molecule has 0 unspecified atom stereocenters. The van der Waals surface area contributed by atoms with Gasteiger partial charge in [0.1, 0.15) is 0 Å². The molecule has 0 saturated carbocycles. The van der Waals surface area contributed by atoms with Crippen LogP contribution in [0.1, 0.15) is 23.2 Å². The number of carbonyl (C=O) groups is 4. The third-order valence-corrected chi connectivity index (χ3v) is 2.31. The first-order chi connectivity index (χ1) is 10.1. The number of aromatic carboxylic acids is 1. The van der Waals surface area contributed by atoms with Crippen LogP contribution in [0, 0.1) is 0 Å². The number of carboxylic acids is 4. The monoisotopic (exact) mass is 337 g/mol. The van der Waals surface area contributed by atoms with Gasteiger partial charge >= 0.3 is 23.9 Å². The van der Waals surface area contributed by atoms with Crippen molar-refractivity contribution < 1.29 is 44.7 Å². The Morgan fingerprint density at radius 1 is 0.826 bits per heavy atom. The summed E-state index contributed by atoms with van der Waals surface area (Å²) in [7, 11) is 0. The second-order valence-electron chi connectivity index (χ2n) is 4.15. The number of hydrogen-bond donors (Lipinski definition) is 5. The van der Waals surface area contributed by atoms with E-state index < -0.39 is 42.3 Å². The van der Waals surface area contributed by atoms with E-state index in [1.165, 1.54) is 0 Å². The molecule has 0 heterocycles. The van der Waals surface area contributed by atoms with E-state index in [2.05, 4.69) is 0 Å².